The van der Waals surface area contributed by atoms with Crippen molar-refractivity contribution in [3.05, 3.63) is 29.0 Å². The molecule has 2 aromatic rings. The van der Waals surface area contributed by atoms with Crippen LogP contribution >= 0.6 is 20.8 Å². The van der Waals surface area contributed by atoms with E-state index in [0.29, 0.717) is 22.9 Å². The quantitative estimate of drug-likeness (QED) is 0.754. The lowest BCUT2D eigenvalue weighted by Gasteiger charge is -2.29. The molecule has 28 heavy (non-hydrogen) atoms. The minimum absolute atomic E-state index is 0.00878. The summed E-state index contributed by atoms with van der Waals surface area (Å²) in [6.07, 6.45) is 4.64. The lowest BCUT2D eigenvalue weighted by molar-refractivity contribution is -0.117. The van der Waals surface area contributed by atoms with Crippen LogP contribution in [0.5, 0.6) is 0 Å². The van der Waals surface area contributed by atoms with E-state index >= 15 is 0 Å². The van der Waals surface area contributed by atoms with Gasteiger partial charge in [0.2, 0.25) is 5.91 Å². The number of carbonyl (C=O) groups is 1. The number of hydrogen-bond acceptors (Lipinski definition) is 4. The highest BCUT2D eigenvalue weighted by molar-refractivity contribution is 7.17. The highest BCUT2D eigenvalue weighted by Gasteiger charge is 2.43. The normalized spacial score (nSPS) is 21.5. The summed E-state index contributed by atoms with van der Waals surface area (Å²) >= 11 is 6.52. The lowest BCUT2D eigenvalue weighted by Crippen LogP contribution is -2.40. The third-order valence-corrected chi connectivity index (χ3v) is 6.67. The molecule has 1 saturated heterocycles. The van der Waals surface area contributed by atoms with Gasteiger partial charge in [0, 0.05) is 30.3 Å². The second-order valence-electron chi connectivity index (χ2n) is 8.35. The third kappa shape index (κ3) is 4.10. The molecular weight excluding hydrogens is 393 g/mol. The van der Waals surface area contributed by atoms with Crippen molar-refractivity contribution in [1.82, 2.24) is 19.7 Å². The number of halogens is 1. The number of benzene rings is 1. The molecule has 8 heteroatoms. The summed E-state index contributed by atoms with van der Waals surface area (Å²) in [7, 11) is 4.85. The van der Waals surface area contributed by atoms with Crippen molar-refractivity contribution >= 4 is 32.4 Å². The van der Waals surface area contributed by atoms with Crippen LogP contribution in [0.3, 0.4) is 0 Å². The smallest absolute Gasteiger partial charge is 0.238 e. The van der Waals surface area contributed by atoms with Crippen LogP contribution < -0.4 is 5.32 Å². The molecule has 1 aromatic carbocycles. The van der Waals surface area contributed by atoms with Crippen LogP contribution in [-0.2, 0) is 17.3 Å². The molecule has 2 atom stereocenters. The van der Waals surface area contributed by atoms with Crippen molar-refractivity contribution in [2.45, 2.75) is 43.7 Å². The number of likely N-dealkylation sites (tertiary alicyclic amines) is 1. The van der Waals surface area contributed by atoms with Gasteiger partial charge in [-0.2, -0.15) is 0 Å². The van der Waals surface area contributed by atoms with Gasteiger partial charge in [0.25, 0.3) is 0 Å². The van der Waals surface area contributed by atoms with E-state index in [0.717, 1.165) is 49.6 Å². The molecule has 150 valence electrons. The minimum atomic E-state index is -0.00878. The van der Waals surface area contributed by atoms with Crippen molar-refractivity contribution in [1.29, 1.82) is 0 Å². The van der Waals surface area contributed by atoms with Crippen LogP contribution in [0.2, 0.25) is 5.02 Å². The number of nitrogens with one attached hydrogen (secondary N) is 1. The Morgan fingerprint density at radius 2 is 2.18 bits per heavy atom. The van der Waals surface area contributed by atoms with Gasteiger partial charge in [-0.15, -0.1) is 19.4 Å². The number of hydrogen-bond donors (Lipinski definition) is 1. The summed E-state index contributed by atoms with van der Waals surface area (Å²) in [5.41, 5.74) is 2.25. The summed E-state index contributed by atoms with van der Waals surface area (Å²) in [6, 6.07) is 5.57. The molecule has 1 aromatic heterocycles. The number of rotatable bonds is 5. The summed E-state index contributed by atoms with van der Waals surface area (Å²) in [5.74, 6) is 1.75. The molecule has 6 nitrogen and oxygen atoms in total. The largest absolute Gasteiger partial charge is 0.325 e. The molecule has 1 aliphatic heterocycles. The SMILES string of the molecule is Cn1c(-c2ccc(NC(=O)CN3CCCC(P)C3)cc2Cl)nnc1C1(C)CC1. The zero-order valence-electron chi connectivity index (χ0n) is 16.4. The molecule has 0 radical (unpaired) electrons. The Labute approximate surface area is 173 Å². The van der Waals surface area contributed by atoms with Gasteiger partial charge in [0.05, 0.1) is 11.6 Å². The van der Waals surface area contributed by atoms with Gasteiger partial charge < -0.3 is 9.88 Å². The maximum absolute atomic E-state index is 12.4. The van der Waals surface area contributed by atoms with Gasteiger partial charge in [0.15, 0.2) is 5.82 Å². The van der Waals surface area contributed by atoms with Gasteiger partial charge >= 0.3 is 0 Å². The van der Waals surface area contributed by atoms with E-state index in [-0.39, 0.29) is 11.3 Å². The van der Waals surface area contributed by atoms with Crippen LogP contribution in [0, 0.1) is 0 Å². The van der Waals surface area contributed by atoms with Crippen molar-refractivity contribution in [2.75, 3.05) is 25.0 Å². The van der Waals surface area contributed by atoms with Crippen molar-refractivity contribution in [3.8, 4) is 11.4 Å². The summed E-state index contributed by atoms with van der Waals surface area (Å²) in [4.78, 5) is 14.6. The highest BCUT2D eigenvalue weighted by atomic mass is 35.5. The average Bonchev–Trinajstić information content (AvgIpc) is 3.25. The maximum Gasteiger partial charge on any atom is 0.238 e. The van der Waals surface area contributed by atoms with Crippen LogP contribution in [0.15, 0.2) is 18.2 Å². The second-order valence-corrected chi connectivity index (χ2v) is 9.70. The molecule has 0 spiro atoms. The number of aromatic nitrogens is 3. The Kier molecular flexibility index (Phi) is 5.47. The van der Waals surface area contributed by atoms with Gasteiger partial charge in [-0.25, -0.2) is 0 Å². The topological polar surface area (TPSA) is 63.1 Å². The van der Waals surface area contributed by atoms with Crippen LogP contribution in [0.1, 0.15) is 38.4 Å². The average molecular weight is 420 g/mol. The van der Waals surface area contributed by atoms with Gasteiger partial charge in [-0.3, -0.25) is 9.69 Å². The van der Waals surface area contributed by atoms with E-state index in [4.69, 9.17) is 11.6 Å². The lowest BCUT2D eigenvalue weighted by atomic mass is 10.1. The molecule has 1 saturated carbocycles. The molecule has 2 aliphatic rings. The number of nitrogens with zero attached hydrogens (tertiary/aromatic N) is 4. The summed E-state index contributed by atoms with van der Waals surface area (Å²) < 4.78 is 2.03. The first-order valence-electron chi connectivity index (χ1n) is 9.83. The third-order valence-electron chi connectivity index (χ3n) is 5.82. The number of carbonyl (C=O) groups excluding carboxylic acids is 1. The second kappa shape index (κ2) is 7.74. The minimum Gasteiger partial charge on any atom is -0.325 e. The Morgan fingerprint density at radius 3 is 2.86 bits per heavy atom. The van der Waals surface area contributed by atoms with E-state index in [1.807, 2.05) is 23.7 Å². The van der Waals surface area contributed by atoms with Crippen LogP contribution in [0.25, 0.3) is 11.4 Å². The van der Waals surface area contributed by atoms with Crippen molar-refractivity contribution < 1.29 is 4.79 Å². The summed E-state index contributed by atoms with van der Waals surface area (Å²) in [5, 5.41) is 12.3. The summed E-state index contributed by atoms with van der Waals surface area (Å²) in [6.45, 7) is 4.55. The molecule has 1 aliphatic carbocycles. The van der Waals surface area contributed by atoms with E-state index in [1.165, 1.54) is 6.42 Å². The Balaban J connectivity index is 1.45. The predicted molar refractivity (Wildman–Crippen MR) is 116 cm³/mol. The Bertz CT molecular complexity index is 895. The zero-order valence-corrected chi connectivity index (χ0v) is 18.3. The first-order chi connectivity index (χ1) is 13.4. The molecule has 1 N–H and O–H groups in total. The van der Waals surface area contributed by atoms with E-state index in [9.17, 15) is 4.79 Å². The molecule has 2 heterocycles. The molecule has 0 bridgehead atoms. The highest BCUT2D eigenvalue weighted by Crippen LogP contribution is 2.47. The fourth-order valence-electron chi connectivity index (χ4n) is 3.91. The van der Waals surface area contributed by atoms with Crippen LogP contribution in [0.4, 0.5) is 5.69 Å². The number of piperidine rings is 1. The Hall–Kier alpha value is -1.49. The van der Waals surface area contributed by atoms with Crippen molar-refractivity contribution in [3.63, 3.8) is 0 Å². The Morgan fingerprint density at radius 1 is 1.39 bits per heavy atom. The van der Waals surface area contributed by atoms with Crippen molar-refractivity contribution in [2.24, 2.45) is 7.05 Å². The van der Waals surface area contributed by atoms with Gasteiger partial charge in [-0.05, 0) is 56.1 Å². The van der Waals surface area contributed by atoms with E-state index < -0.39 is 0 Å². The molecule has 2 unspecified atom stereocenters. The number of anilines is 1. The molecular formula is C20H27ClN5OP. The van der Waals surface area contributed by atoms with E-state index in [2.05, 4.69) is 36.6 Å². The first kappa shape index (κ1) is 19.8. The maximum atomic E-state index is 12.4. The number of amides is 1. The monoisotopic (exact) mass is 419 g/mol. The fourth-order valence-corrected chi connectivity index (χ4v) is 4.71. The van der Waals surface area contributed by atoms with Gasteiger partial charge in [0.1, 0.15) is 5.82 Å². The molecule has 2 fully saturated rings. The zero-order chi connectivity index (χ0) is 19.9. The van der Waals surface area contributed by atoms with Gasteiger partial charge in [-0.1, -0.05) is 18.5 Å². The van der Waals surface area contributed by atoms with E-state index in [1.54, 1.807) is 6.07 Å². The molecule has 4 rings (SSSR count). The fraction of sp³-hybridized carbons (Fsp3) is 0.550. The van der Waals surface area contributed by atoms with Crippen LogP contribution in [-0.4, -0.2) is 50.9 Å². The molecule has 1 amide bonds. The standard InChI is InChI=1S/C20H27ClN5OP/c1-20(7-8-20)19-24-23-18(25(19)2)15-6-5-13(10-16(15)21)22-17(27)12-26-9-3-4-14(28)11-26/h5-6,10,14H,3-4,7-9,11-12,28H2,1-2H3,(H,22,27). The first-order valence-corrected chi connectivity index (χ1v) is 10.9. The predicted octanol–water partition coefficient (Wildman–Crippen LogP) is 3.47.